The number of halogens is 2. The Bertz CT molecular complexity index is 651. The summed E-state index contributed by atoms with van der Waals surface area (Å²) in [5, 5.41) is 0.475. The lowest BCUT2D eigenvalue weighted by molar-refractivity contribution is 0.217. The minimum Gasteiger partial charge on any atom is -0.490 e. The van der Waals surface area contributed by atoms with E-state index in [1.807, 2.05) is 24.3 Å². The summed E-state index contributed by atoms with van der Waals surface area (Å²) in [6.45, 7) is 0.808. The maximum Gasteiger partial charge on any atom is 0.138 e. The van der Waals surface area contributed by atoms with Crippen molar-refractivity contribution in [1.82, 2.24) is 0 Å². The van der Waals surface area contributed by atoms with Gasteiger partial charge in [0, 0.05) is 10.0 Å². The molecule has 0 fully saturated rings. The van der Waals surface area contributed by atoms with E-state index >= 15 is 0 Å². The van der Waals surface area contributed by atoms with Gasteiger partial charge in [0.15, 0.2) is 0 Å². The molecular weight excluding hydrogens is 374 g/mol. The molecule has 2 rings (SSSR count). The van der Waals surface area contributed by atoms with Crippen molar-refractivity contribution in [3.8, 4) is 11.5 Å². The smallest absolute Gasteiger partial charge is 0.138 e. The maximum atomic E-state index is 6.10. The molecule has 3 nitrogen and oxygen atoms in total. The van der Waals surface area contributed by atoms with Gasteiger partial charge in [0.05, 0.1) is 5.02 Å². The summed E-state index contributed by atoms with van der Waals surface area (Å²) in [5.41, 5.74) is 6.25. The fourth-order valence-electron chi connectivity index (χ4n) is 1.64. The molecule has 0 bridgehead atoms. The largest absolute Gasteiger partial charge is 0.490 e. The molecule has 6 heteroatoms. The van der Waals surface area contributed by atoms with Gasteiger partial charge in [-0.05, 0) is 36.4 Å². The zero-order chi connectivity index (χ0) is 15.2. The van der Waals surface area contributed by atoms with Gasteiger partial charge in [-0.2, -0.15) is 0 Å². The van der Waals surface area contributed by atoms with Crippen LogP contribution in [-0.4, -0.2) is 18.2 Å². The lowest BCUT2D eigenvalue weighted by Gasteiger charge is -2.10. The monoisotopic (exact) mass is 385 g/mol. The molecule has 2 aromatic carbocycles. The Hall–Kier alpha value is -1.30. The van der Waals surface area contributed by atoms with Crippen LogP contribution in [0.25, 0.3) is 0 Å². The Kier molecular flexibility index (Phi) is 5.85. The normalized spacial score (nSPS) is 10.2. The molecule has 0 heterocycles. The Morgan fingerprint density at radius 2 is 1.90 bits per heavy atom. The first-order valence-electron chi connectivity index (χ1n) is 6.17. The molecule has 0 aromatic heterocycles. The summed E-state index contributed by atoms with van der Waals surface area (Å²) in [5.74, 6) is 1.36. The molecule has 2 aromatic rings. The van der Waals surface area contributed by atoms with Crippen molar-refractivity contribution in [2.45, 2.75) is 0 Å². The van der Waals surface area contributed by atoms with Crippen LogP contribution in [0.4, 0.5) is 0 Å². The molecule has 0 unspecified atom stereocenters. The molecule has 21 heavy (non-hydrogen) atoms. The van der Waals surface area contributed by atoms with Crippen LogP contribution >= 0.6 is 39.7 Å². The minimum atomic E-state index is 0.307. The zero-order valence-electron chi connectivity index (χ0n) is 11.0. The van der Waals surface area contributed by atoms with E-state index in [0.29, 0.717) is 34.5 Å². The maximum absolute atomic E-state index is 6.10. The molecule has 2 N–H and O–H groups in total. The predicted octanol–water partition coefficient (Wildman–Crippen LogP) is 4.19. The first-order valence-corrected chi connectivity index (χ1v) is 7.74. The second-order valence-corrected chi connectivity index (χ2v) is 5.93. The second-order valence-electron chi connectivity index (χ2n) is 4.16. The standard InChI is InChI=1S/C15H13BrClNO2S/c16-11-2-1-3-12(9-11)19-6-7-20-14-5-4-10(15(18)21)8-13(14)17/h1-5,8-9H,6-7H2,(H2,18,21). The third-order valence-corrected chi connectivity index (χ3v) is 3.65. The lowest BCUT2D eigenvalue weighted by atomic mass is 10.2. The van der Waals surface area contributed by atoms with E-state index in [1.165, 1.54) is 0 Å². The van der Waals surface area contributed by atoms with E-state index in [2.05, 4.69) is 15.9 Å². The lowest BCUT2D eigenvalue weighted by Crippen LogP contribution is -2.11. The molecule has 0 aliphatic heterocycles. The van der Waals surface area contributed by atoms with Crippen LogP contribution in [0.3, 0.4) is 0 Å². The first kappa shape index (κ1) is 16.1. The highest BCUT2D eigenvalue weighted by atomic mass is 79.9. The second kappa shape index (κ2) is 7.64. The highest BCUT2D eigenvalue weighted by molar-refractivity contribution is 9.10. The fourth-order valence-corrected chi connectivity index (χ4v) is 2.38. The van der Waals surface area contributed by atoms with Gasteiger partial charge >= 0.3 is 0 Å². The molecule has 110 valence electrons. The van der Waals surface area contributed by atoms with Crippen molar-refractivity contribution < 1.29 is 9.47 Å². The van der Waals surface area contributed by atoms with Crippen LogP contribution in [0, 0.1) is 0 Å². The Morgan fingerprint density at radius 1 is 1.14 bits per heavy atom. The molecular formula is C15H13BrClNO2S. The van der Waals surface area contributed by atoms with Gasteiger partial charge in [-0.25, -0.2) is 0 Å². The quantitative estimate of drug-likeness (QED) is 0.597. The number of hydrogen-bond acceptors (Lipinski definition) is 3. The van der Waals surface area contributed by atoms with Crippen LogP contribution in [0.15, 0.2) is 46.9 Å². The number of thiocarbonyl (C=S) groups is 1. The summed E-state index contributed by atoms with van der Waals surface area (Å²) in [6.07, 6.45) is 0. The number of benzene rings is 2. The van der Waals surface area contributed by atoms with E-state index in [4.69, 9.17) is 39.0 Å². The SMILES string of the molecule is NC(=S)c1ccc(OCCOc2cccc(Br)c2)c(Cl)c1. The van der Waals surface area contributed by atoms with Crippen molar-refractivity contribution in [3.63, 3.8) is 0 Å². The van der Waals surface area contributed by atoms with Crippen LogP contribution in [0.2, 0.25) is 5.02 Å². The third kappa shape index (κ3) is 4.88. The number of hydrogen-bond donors (Lipinski definition) is 1. The number of ether oxygens (including phenoxy) is 2. The summed E-state index contributed by atoms with van der Waals surface area (Å²) < 4.78 is 12.1. The Morgan fingerprint density at radius 3 is 2.57 bits per heavy atom. The van der Waals surface area contributed by atoms with Crippen LogP contribution in [0.1, 0.15) is 5.56 Å². The van der Waals surface area contributed by atoms with Gasteiger partial charge in [0.1, 0.15) is 29.7 Å². The topological polar surface area (TPSA) is 44.5 Å². The highest BCUT2D eigenvalue weighted by Crippen LogP contribution is 2.25. The summed E-state index contributed by atoms with van der Waals surface area (Å²) >= 11 is 14.4. The van der Waals surface area contributed by atoms with Gasteiger partial charge in [-0.15, -0.1) is 0 Å². The Balaban J connectivity index is 1.85. The third-order valence-electron chi connectivity index (χ3n) is 2.62. The van der Waals surface area contributed by atoms with Crippen molar-refractivity contribution in [2.24, 2.45) is 5.73 Å². The first-order chi connectivity index (χ1) is 10.1. The van der Waals surface area contributed by atoms with E-state index in [0.717, 1.165) is 10.2 Å². The fraction of sp³-hybridized carbons (Fsp3) is 0.133. The molecule has 0 radical (unpaired) electrons. The molecule has 0 aliphatic rings. The van der Waals surface area contributed by atoms with E-state index in [9.17, 15) is 0 Å². The average Bonchev–Trinajstić information content (AvgIpc) is 2.45. The van der Waals surface area contributed by atoms with Gasteiger partial charge in [-0.1, -0.05) is 45.8 Å². The summed E-state index contributed by atoms with van der Waals surface area (Å²) in [7, 11) is 0. The average molecular weight is 387 g/mol. The summed E-state index contributed by atoms with van der Waals surface area (Å²) in [4.78, 5) is 0.307. The van der Waals surface area contributed by atoms with Gasteiger partial charge in [0.2, 0.25) is 0 Å². The molecule has 0 atom stereocenters. The number of nitrogens with two attached hydrogens (primary N) is 1. The molecule has 0 aliphatic carbocycles. The minimum absolute atomic E-state index is 0.307. The van der Waals surface area contributed by atoms with Crippen LogP contribution < -0.4 is 15.2 Å². The van der Waals surface area contributed by atoms with Crippen LogP contribution in [0.5, 0.6) is 11.5 Å². The summed E-state index contributed by atoms with van der Waals surface area (Å²) in [6, 6.07) is 12.8. The molecule has 0 spiro atoms. The van der Waals surface area contributed by atoms with Gasteiger partial charge in [-0.3, -0.25) is 0 Å². The van der Waals surface area contributed by atoms with E-state index < -0.39 is 0 Å². The van der Waals surface area contributed by atoms with Crippen molar-refractivity contribution in [2.75, 3.05) is 13.2 Å². The highest BCUT2D eigenvalue weighted by Gasteiger charge is 2.05. The van der Waals surface area contributed by atoms with Crippen molar-refractivity contribution in [3.05, 3.63) is 57.5 Å². The molecule has 0 saturated carbocycles. The van der Waals surface area contributed by atoms with Gasteiger partial charge < -0.3 is 15.2 Å². The van der Waals surface area contributed by atoms with E-state index in [1.54, 1.807) is 18.2 Å². The Labute approximate surface area is 142 Å². The number of rotatable bonds is 6. The van der Waals surface area contributed by atoms with Crippen LogP contribution in [-0.2, 0) is 0 Å². The predicted molar refractivity (Wildman–Crippen MR) is 92.5 cm³/mol. The van der Waals surface area contributed by atoms with E-state index in [-0.39, 0.29) is 0 Å². The zero-order valence-corrected chi connectivity index (χ0v) is 14.2. The van der Waals surface area contributed by atoms with Crippen molar-refractivity contribution in [1.29, 1.82) is 0 Å². The molecule has 0 saturated heterocycles. The van der Waals surface area contributed by atoms with Gasteiger partial charge in [0.25, 0.3) is 0 Å². The molecule has 0 amide bonds. The van der Waals surface area contributed by atoms with Crippen molar-refractivity contribution >= 4 is 44.7 Å².